The Morgan fingerprint density at radius 1 is 1.41 bits per heavy atom. The van der Waals surface area contributed by atoms with Crippen LogP contribution in [0.15, 0.2) is 22.7 Å². The third kappa shape index (κ3) is 2.05. The number of nitrogens with zero attached hydrogens (tertiary/aromatic N) is 1. The standard InChI is InChI=1S/C10H5BrF2N2O2/c11-8-5(12)2-1-4(9(8)13)6-3-7(10(16)17)15-14-6/h1-3H,(H,14,15)(H,16,17). The van der Waals surface area contributed by atoms with Crippen molar-refractivity contribution in [2.24, 2.45) is 0 Å². The second kappa shape index (κ2) is 4.25. The molecule has 4 nitrogen and oxygen atoms in total. The highest BCUT2D eigenvalue weighted by Crippen LogP contribution is 2.29. The van der Waals surface area contributed by atoms with E-state index in [9.17, 15) is 13.6 Å². The molecule has 0 saturated heterocycles. The summed E-state index contributed by atoms with van der Waals surface area (Å²) in [6, 6.07) is 3.43. The van der Waals surface area contributed by atoms with E-state index in [1.807, 2.05) is 0 Å². The summed E-state index contributed by atoms with van der Waals surface area (Å²) in [6.07, 6.45) is 0. The number of benzene rings is 1. The number of carbonyl (C=O) groups is 1. The fraction of sp³-hybridized carbons (Fsp3) is 0. The Balaban J connectivity index is 2.53. The molecule has 0 saturated carbocycles. The van der Waals surface area contributed by atoms with Gasteiger partial charge in [-0.1, -0.05) is 0 Å². The molecule has 2 aromatic rings. The molecule has 1 heterocycles. The number of hydrogen-bond acceptors (Lipinski definition) is 2. The quantitative estimate of drug-likeness (QED) is 0.838. The lowest BCUT2D eigenvalue weighted by Gasteiger charge is -2.01. The van der Waals surface area contributed by atoms with E-state index >= 15 is 0 Å². The molecule has 0 radical (unpaired) electrons. The third-order valence-electron chi connectivity index (χ3n) is 2.12. The molecule has 2 N–H and O–H groups in total. The van der Waals surface area contributed by atoms with Crippen molar-refractivity contribution in [1.82, 2.24) is 10.2 Å². The Morgan fingerprint density at radius 2 is 2.12 bits per heavy atom. The summed E-state index contributed by atoms with van der Waals surface area (Å²) in [5.74, 6) is -2.76. The van der Waals surface area contributed by atoms with E-state index < -0.39 is 17.6 Å². The van der Waals surface area contributed by atoms with Gasteiger partial charge < -0.3 is 5.11 Å². The molecule has 88 valence electrons. The molecule has 0 aliphatic carbocycles. The Kier molecular flexibility index (Phi) is 2.93. The minimum atomic E-state index is -1.20. The predicted octanol–water partition coefficient (Wildman–Crippen LogP) is 2.82. The van der Waals surface area contributed by atoms with E-state index in [0.29, 0.717) is 0 Å². The number of nitrogens with one attached hydrogen (secondary N) is 1. The van der Waals surface area contributed by atoms with Crippen LogP contribution in [0, 0.1) is 11.6 Å². The van der Waals surface area contributed by atoms with Crippen LogP contribution in [0.1, 0.15) is 10.5 Å². The summed E-state index contributed by atoms with van der Waals surface area (Å²) < 4.78 is 26.4. The van der Waals surface area contributed by atoms with Gasteiger partial charge in [0.1, 0.15) is 17.3 Å². The second-order valence-electron chi connectivity index (χ2n) is 3.19. The van der Waals surface area contributed by atoms with Gasteiger partial charge in [-0.15, -0.1) is 0 Å². The van der Waals surface area contributed by atoms with Gasteiger partial charge in [-0.3, -0.25) is 5.10 Å². The van der Waals surface area contributed by atoms with E-state index in [0.717, 1.165) is 6.07 Å². The summed E-state index contributed by atoms with van der Waals surface area (Å²) in [5.41, 5.74) is -0.0533. The average Bonchev–Trinajstić information content (AvgIpc) is 2.75. The first-order valence-electron chi connectivity index (χ1n) is 4.43. The molecule has 17 heavy (non-hydrogen) atoms. The number of aromatic carboxylic acids is 1. The van der Waals surface area contributed by atoms with Crippen LogP contribution in [0.2, 0.25) is 0 Å². The highest BCUT2D eigenvalue weighted by Gasteiger charge is 2.16. The number of hydrogen-bond donors (Lipinski definition) is 2. The molecule has 0 unspecified atom stereocenters. The zero-order valence-corrected chi connectivity index (χ0v) is 9.75. The monoisotopic (exact) mass is 302 g/mol. The van der Waals surface area contributed by atoms with Gasteiger partial charge >= 0.3 is 5.97 Å². The Labute approximate surface area is 102 Å². The third-order valence-corrected chi connectivity index (χ3v) is 2.85. The molecule has 0 aliphatic heterocycles. The van der Waals surface area contributed by atoms with Gasteiger partial charge in [0.25, 0.3) is 0 Å². The van der Waals surface area contributed by atoms with Crippen molar-refractivity contribution in [3.8, 4) is 11.3 Å². The van der Waals surface area contributed by atoms with Gasteiger partial charge in [0, 0.05) is 5.56 Å². The molecule has 2 rings (SSSR count). The van der Waals surface area contributed by atoms with E-state index in [1.54, 1.807) is 0 Å². The van der Waals surface area contributed by atoms with Gasteiger partial charge in [-0.2, -0.15) is 5.10 Å². The molecule has 1 aromatic heterocycles. The fourth-order valence-electron chi connectivity index (χ4n) is 1.29. The Hall–Kier alpha value is -1.76. The molecule has 0 atom stereocenters. The minimum absolute atomic E-state index is 0.0158. The maximum Gasteiger partial charge on any atom is 0.353 e. The van der Waals surface area contributed by atoms with Crippen LogP contribution in [-0.2, 0) is 0 Å². The number of rotatable bonds is 2. The Morgan fingerprint density at radius 3 is 2.71 bits per heavy atom. The van der Waals surface area contributed by atoms with Gasteiger partial charge in [0.2, 0.25) is 0 Å². The molecule has 0 fully saturated rings. The van der Waals surface area contributed by atoms with Gasteiger partial charge in [0.15, 0.2) is 0 Å². The van der Waals surface area contributed by atoms with Crippen molar-refractivity contribution in [1.29, 1.82) is 0 Å². The van der Waals surface area contributed by atoms with Crippen LogP contribution in [0.25, 0.3) is 11.3 Å². The number of H-pyrrole nitrogens is 1. The number of carboxylic acids is 1. The molecule has 1 aromatic carbocycles. The van der Waals surface area contributed by atoms with Crippen LogP contribution in [-0.4, -0.2) is 21.3 Å². The van der Waals surface area contributed by atoms with Crippen molar-refractivity contribution in [3.05, 3.63) is 40.0 Å². The highest BCUT2D eigenvalue weighted by molar-refractivity contribution is 9.10. The molecule has 0 bridgehead atoms. The van der Waals surface area contributed by atoms with E-state index in [2.05, 4.69) is 26.1 Å². The molecular formula is C10H5BrF2N2O2. The second-order valence-corrected chi connectivity index (χ2v) is 3.99. The van der Waals surface area contributed by atoms with Gasteiger partial charge in [-0.25, -0.2) is 13.6 Å². The smallest absolute Gasteiger partial charge is 0.353 e. The zero-order chi connectivity index (χ0) is 12.6. The molecule has 0 aliphatic rings. The molecule has 0 amide bonds. The molecule has 0 spiro atoms. The first kappa shape index (κ1) is 11.7. The fourth-order valence-corrected chi connectivity index (χ4v) is 1.64. The number of aromatic nitrogens is 2. The Bertz CT molecular complexity index is 598. The molecular weight excluding hydrogens is 298 g/mol. The number of carboxylic acid groups (broad SMARTS) is 1. The van der Waals surface area contributed by atoms with E-state index in [4.69, 9.17) is 5.11 Å². The highest BCUT2D eigenvalue weighted by atomic mass is 79.9. The number of aromatic amines is 1. The summed E-state index contributed by atoms with van der Waals surface area (Å²) in [5, 5.41) is 14.6. The lowest BCUT2D eigenvalue weighted by Crippen LogP contribution is -1.95. The topological polar surface area (TPSA) is 66.0 Å². The van der Waals surface area contributed by atoms with E-state index in [1.165, 1.54) is 12.1 Å². The SMILES string of the molecule is O=C(O)c1cc(-c2ccc(F)c(Br)c2F)n[nH]1. The summed E-state index contributed by atoms with van der Waals surface area (Å²) in [7, 11) is 0. The van der Waals surface area contributed by atoms with Crippen LogP contribution >= 0.6 is 15.9 Å². The van der Waals surface area contributed by atoms with Crippen molar-refractivity contribution in [3.63, 3.8) is 0 Å². The minimum Gasteiger partial charge on any atom is -0.477 e. The summed E-state index contributed by atoms with van der Waals surface area (Å²) in [4.78, 5) is 10.6. The van der Waals surface area contributed by atoms with Gasteiger partial charge in [0.05, 0.1) is 10.2 Å². The maximum atomic E-state index is 13.7. The lowest BCUT2D eigenvalue weighted by atomic mass is 10.1. The first-order chi connectivity index (χ1) is 8.00. The van der Waals surface area contributed by atoms with Crippen LogP contribution in [0.5, 0.6) is 0 Å². The molecule has 7 heteroatoms. The van der Waals surface area contributed by atoms with Crippen molar-refractivity contribution >= 4 is 21.9 Å². The van der Waals surface area contributed by atoms with Crippen LogP contribution < -0.4 is 0 Å². The zero-order valence-electron chi connectivity index (χ0n) is 8.17. The summed E-state index contributed by atoms with van der Waals surface area (Å²) in [6.45, 7) is 0. The van der Waals surface area contributed by atoms with Crippen molar-refractivity contribution < 1.29 is 18.7 Å². The van der Waals surface area contributed by atoms with Gasteiger partial charge in [-0.05, 0) is 34.1 Å². The van der Waals surface area contributed by atoms with Crippen molar-refractivity contribution in [2.45, 2.75) is 0 Å². The average molecular weight is 303 g/mol. The summed E-state index contributed by atoms with van der Waals surface area (Å²) >= 11 is 2.76. The van der Waals surface area contributed by atoms with E-state index in [-0.39, 0.29) is 21.4 Å². The lowest BCUT2D eigenvalue weighted by molar-refractivity contribution is 0.0690. The normalized spacial score (nSPS) is 10.5. The predicted molar refractivity (Wildman–Crippen MR) is 58.6 cm³/mol. The first-order valence-corrected chi connectivity index (χ1v) is 5.22. The number of halogens is 3. The largest absolute Gasteiger partial charge is 0.477 e. The van der Waals surface area contributed by atoms with Crippen molar-refractivity contribution in [2.75, 3.05) is 0 Å². The van der Waals surface area contributed by atoms with Crippen LogP contribution in [0.4, 0.5) is 8.78 Å². The maximum absolute atomic E-state index is 13.7. The van der Waals surface area contributed by atoms with Crippen LogP contribution in [0.3, 0.4) is 0 Å².